The molecule has 1 aromatic carbocycles. The van der Waals surface area contributed by atoms with Gasteiger partial charge in [-0.3, -0.25) is 0 Å². The lowest BCUT2D eigenvalue weighted by Crippen LogP contribution is -2.41. The van der Waals surface area contributed by atoms with Crippen LogP contribution in [0.4, 0.5) is 0 Å². The van der Waals surface area contributed by atoms with E-state index in [2.05, 4.69) is 63.2 Å². The average molecular weight is 523 g/mol. The van der Waals surface area contributed by atoms with Gasteiger partial charge in [-0.2, -0.15) is 0 Å². The van der Waals surface area contributed by atoms with Gasteiger partial charge in [0.25, 0.3) is 0 Å². The summed E-state index contributed by atoms with van der Waals surface area (Å²) < 4.78 is 7.92. The Balaban J connectivity index is 0.00000256. The van der Waals surface area contributed by atoms with Gasteiger partial charge in [0.2, 0.25) is 0 Å². The van der Waals surface area contributed by atoms with Crippen molar-refractivity contribution in [3.8, 4) is 0 Å². The number of aliphatic imine (C=N–C) groups is 1. The molecule has 1 N–H and O–H groups in total. The molecule has 1 atom stereocenters. The van der Waals surface area contributed by atoms with E-state index in [1.807, 2.05) is 6.20 Å². The summed E-state index contributed by atoms with van der Waals surface area (Å²) in [5, 5.41) is 3.48. The molecule has 0 bridgehead atoms. The number of hydrogen-bond acceptors (Lipinski definition) is 3. The van der Waals surface area contributed by atoms with Gasteiger partial charge < -0.3 is 19.5 Å². The van der Waals surface area contributed by atoms with Crippen molar-refractivity contribution >= 4 is 29.9 Å². The van der Waals surface area contributed by atoms with Gasteiger partial charge in [-0.05, 0) is 38.2 Å². The molecule has 0 radical (unpaired) electrons. The lowest BCUT2D eigenvalue weighted by Gasteiger charge is -2.25. The molecule has 164 valence electrons. The molecule has 2 aromatic rings. The number of aryl methyl sites for hydroxylation is 2. The van der Waals surface area contributed by atoms with Crippen LogP contribution in [0, 0.1) is 5.41 Å². The summed E-state index contributed by atoms with van der Waals surface area (Å²) in [6.45, 7) is 8.50. The van der Waals surface area contributed by atoms with Crippen molar-refractivity contribution in [2.75, 3.05) is 32.8 Å². The van der Waals surface area contributed by atoms with Gasteiger partial charge in [0.15, 0.2) is 5.96 Å². The topological polar surface area (TPSA) is 54.7 Å². The standard InChI is InChI=1S/C23H33N5O.HI/c1-2-24-22(28-14-10-23(18-28)11-16-29-19-23)26-17-21-25-12-15-27(21)13-6-9-20-7-4-3-5-8-20;/h3-5,7-8,12,15H,2,6,9-11,13-14,16-19H2,1H3,(H,24,26);1H. The first-order valence-corrected chi connectivity index (χ1v) is 10.9. The van der Waals surface area contributed by atoms with E-state index >= 15 is 0 Å². The third-order valence-electron chi connectivity index (χ3n) is 6.14. The fourth-order valence-corrected chi connectivity index (χ4v) is 4.45. The van der Waals surface area contributed by atoms with Crippen LogP contribution in [0.3, 0.4) is 0 Å². The van der Waals surface area contributed by atoms with Gasteiger partial charge >= 0.3 is 0 Å². The highest BCUT2D eigenvalue weighted by Crippen LogP contribution is 2.38. The Hall–Kier alpha value is -1.61. The molecule has 3 heterocycles. The lowest BCUT2D eigenvalue weighted by molar-refractivity contribution is 0.156. The van der Waals surface area contributed by atoms with E-state index in [4.69, 9.17) is 9.73 Å². The number of nitrogens with zero attached hydrogens (tertiary/aromatic N) is 4. The predicted octanol–water partition coefficient (Wildman–Crippen LogP) is 3.71. The van der Waals surface area contributed by atoms with Crippen LogP contribution in [0.15, 0.2) is 47.7 Å². The van der Waals surface area contributed by atoms with Crippen molar-refractivity contribution in [3.63, 3.8) is 0 Å². The summed E-state index contributed by atoms with van der Waals surface area (Å²) in [5.74, 6) is 2.04. The van der Waals surface area contributed by atoms with E-state index in [0.29, 0.717) is 12.0 Å². The summed E-state index contributed by atoms with van der Waals surface area (Å²) in [6, 6.07) is 10.7. The van der Waals surface area contributed by atoms with Crippen LogP contribution in [0.25, 0.3) is 0 Å². The maximum absolute atomic E-state index is 5.67. The van der Waals surface area contributed by atoms with Gasteiger partial charge in [0.05, 0.1) is 6.61 Å². The van der Waals surface area contributed by atoms with Crippen molar-refractivity contribution in [2.24, 2.45) is 10.4 Å². The number of aromatic nitrogens is 2. The van der Waals surface area contributed by atoms with Crippen LogP contribution in [0.5, 0.6) is 0 Å². The summed E-state index contributed by atoms with van der Waals surface area (Å²) in [6.07, 6.45) is 8.53. The molecule has 7 heteroatoms. The SMILES string of the molecule is CCNC(=NCc1nccn1CCCc1ccccc1)N1CCC2(CCOC2)C1.I. The quantitative estimate of drug-likeness (QED) is 0.342. The first-order chi connectivity index (χ1) is 14.3. The average Bonchev–Trinajstić information content (AvgIpc) is 3.49. The molecule has 2 fully saturated rings. The second kappa shape index (κ2) is 11.1. The lowest BCUT2D eigenvalue weighted by atomic mass is 9.87. The second-order valence-electron chi connectivity index (χ2n) is 8.27. The number of ether oxygens (including phenoxy) is 1. The van der Waals surface area contributed by atoms with E-state index < -0.39 is 0 Å². The molecule has 30 heavy (non-hydrogen) atoms. The van der Waals surface area contributed by atoms with Crippen LogP contribution in [0.2, 0.25) is 0 Å². The molecule has 4 rings (SSSR count). The monoisotopic (exact) mass is 523 g/mol. The zero-order valence-corrected chi connectivity index (χ0v) is 20.3. The third-order valence-corrected chi connectivity index (χ3v) is 6.14. The predicted molar refractivity (Wildman–Crippen MR) is 131 cm³/mol. The molecular weight excluding hydrogens is 489 g/mol. The summed E-state index contributed by atoms with van der Waals surface area (Å²) in [4.78, 5) is 11.9. The minimum Gasteiger partial charge on any atom is -0.381 e. The van der Waals surface area contributed by atoms with Gasteiger partial charge in [0, 0.05) is 50.6 Å². The Labute approximate surface area is 197 Å². The molecule has 0 aliphatic carbocycles. The molecule has 2 aliphatic rings. The Morgan fingerprint density at radius 1 is 1.27 bits per heavy atom. The summed E-state index contributed by atoms with van der Waals surface area (Å²) in [5.41, 5.74) is 1.73. The van der Waals surface area contributed by atoms with Crippen molar-refractivity contribution in [1.82, 2.24) is 19.8 Å². The first-order valence-electron chi connectivity index (χ1n) is 10.9. The molecule has 1 unspecified atom stereocenters. The zero-order valence-electron chi connectivity index (χ0n) is 17.9. The normalized spacial score (nSPS) is 21.2. The minimum atomic E-state index is 0. The Kier molecular flexibility index (Phi) is 8.56. The number of guanidine groups is 1. The van der Waals surface area contributed by atoms with E-state index in [-0.39, 0.29) is 24.0 Å². The molecule has 2 saturated heterocycles. The van der Waals surface area contributed by atoms with Crippen molar-refractivity contribution < 1.29 is 4.74 Å². The summed E-state index contributed by atoms with van der Waals surface area (Å²) in [7, 11) is 0. The van der Waals surface area contributed by atoms with E-state index in [1.54, 1.807) is 0 Å². The van der Waals surface area contributed by atoms with Crippen molar-refractivity contribution in [2.45, 2.75) is 45.7 Å². The van der Waals surface area contributed by atoms with E-state index in [9.17, 15) is 0 Å². The number of imidazole rings is 1. The fraction of sp³-hybridized carbons (Fsp3) is 0.565. The van der Waals surface area contributed by atoms with Gasteiger partial charge in [-0.25, -0.2) is 9.98 Å². The van der Waals surface area contributed by atoms with E-state index in [0.717, 1.165) is 64.0 Å². The maximum atomic E-state index is 5.67. The largest absolute Gasteiger partial charge is 0.381 e. The molecule has 6 nitrogen and oxygen atoms in total. The van der Waals surface area contributed by atoms with Gasteiger partial charge in [-0.1, -0.05) is 30.3 Å². The van der Waals surface area contributed by atoms with Crippen molar-refractivity contribution in [3.05, 3.63) is 54.1 Å². The molecule has 2 aliphatic heterocycles. The first kappa shape index (κ1) is 23.1. The maximum Gasteiger partial charge on any atom is 0.194 e. The fourth-order valence-electron chi connectivity index (χ4n) is 4.45. The van der Waals surface area contributed by atoms with E-state index in [1.165, 1.54) is 18.4 Å². The summed E-state index contributed by atoms with van der Waals surface area (Å²) >= 11 is 0. The van der Waals surface area contributed by atoms with Crippen molar-refractivity contribution in [1.29, 1.82) is 0 Å². The number of likely N-dealkylation sites (tertiary alicyclic amines) is 1. The van der Waals surface area contributed by atoms with Crippen LogP contribution in [0.1, 0.15) is 37.6 Å². The Morgan fingerprint density at radius 3 is 2.90 bits per heavy atom. The van der Waals surface area contributed by atoms with Crippen LogP contribution in [-0.2, 0) is 24.2 Å². The molecule has 1 aromatic heterocycles. The Morgan fingerprint density at radius 2 is 2.13 bits per heavy atom. The Bertz CT molecular complexity index is 801. The van der Waals surface area contributed by atoms with Crippen LogP contribution < -0.4 is 5.32 Å². The number of nitrogens with one attached hydrogen (secondary N) is 1. The van der Waals surface area contributed by atoms with Crippen LogP contribution in [-0.4, -0.2) is 53.3 Å². The molecule has 0 amide bonds. The van der Waals surface area contributed by atoms with Crippen LogP contribution >= 0.6 is 24.0 Å². The number of rotatable bonds is 7. The second-order valence-corrected chi connectivity index (χ2v) is 8.27. The van der Waals surface area contributed by atoms with Gasteiger partial charge in [-0.15, -0.1) is 24.0 Å². The molecular formula is C23H34IN5O. The highest BCUT2D eigenvalue weighted by Gasteiger charge is 2.42. The highest BCUT2D eigenvalue weighted by molar-refractivity contribution is 14.0. The smallest absolute Gasteiger partial charge is 0.194 e. The molecule has 0 saturated carbocycles. The van der Waals surface area contributed by atoms with Gasteiger partial charge in [0.1, 0.15) is 12.4 Å². The third kappa shape index (κ3) is 5.75. The number of halogens is 1. The number of benzene rings is 1. The highest BCUT2D eigenvalue weighted by atomic mass is 127. The zero-order chi connectivity index (χ0) is 19.9. The number of hydrogen-bond donors (Lipinski definition) is 1. The minimum absolute atomic E-state index is 0. The molecule has 1 spiro atoms.